The van der Waals surface area contributed by atoms with Gasteiger partial charge in [0.25, 0.3) is 5.89 Å². The summed E-state index contributed by atoms with van der Waals surface area (Å²) < 4.78 is 18.5. The summed E-state index contributed by atoms with van der Waals surface area (Å²) in [6.07, 6.45) is 3.55. The third-order valence-corrected chi connectivity index (χ3v) is 5.22. The topological polar surface area (TPSA) is 75.4 Å². The van der Waals surface area contributed by atoms with Crippen LogP contribution in [-0.4, -0.2) is 52.1 Å². The molecule has 1 aromatic carbocycles. The Labute approximate surface area is 174 Å². The first-order chi connectivity index (χ1) is 14.6. The van der Waals surface area contributed by atoms with Crippen LogP contribution in [0.3, 0.4) is 0 Å². The van der Waals surface area contributed by atoms with Crippen LogP contribution in [0.4, 0.5) is 10.2 Å². The first-order valence-electron chi connectivity index (χ1n) is 10.2. The Bertz CT molecular complexity index is 1000. The van der Waals surface area contributed by atoms with Crippen molar-refractivity contribution in [1.82, 2.24) is 20.0 Å². The molecule has 0 bridgehead atoms. The average molecular weight is 409 g/mol. The highest BCUT2D eigenvalue weighted by Crippen LogP contribution is 2.28. The van der Waals surface area contributed by atoms with E-state index in [1.54, 1.807) is 18.3 Å². The molecule has 7 nitrogen and oxygen atoms in total. The van der Waals surface area contributed by atoms with E-state index in [1.165, 1.54) is 12.1 Å². The SMILES string of the molecule is CCc1noc(-c2cccnc2N2CCCN(C(=O)Cc3ccc(F)cc3)CC2)n1. The van der Waals surface area contributed by atoms with Gasteiger partial charge in [0.2, 0.25) is 5.91 Å². The van der Waals surface area contributed by atoms with E-state index in [1.807, 2.05) is 24.0 Å². The summed E-state index contributed by atoms with van der Waals surface area (Å²) in [5.41, 5.74) is 1.62. The number of amides is 1. The van der Waals surface area contributed by atoms with E-state index in [0.717, 1.165) is 29.9 Å². The number of rotatable bonds is 5. The maximum Gasteiger partial charge on any atom is 0.261 e. The number of aromatic nitrogens is 3. The maximum absolute atomic E-state index is 13.1. The summed E-state index contributed by atoms with van der Waals surface area (Å²) in [6.45, 7) is 4.69. The van der Waals surface area contributed by atoms with Gasteiger partial charge in [-0.05, 0) is 36.2 Å². The second-order valence-electron chi connectivity index (χ2n) is 7.27. The average Bonchev–Trinajstić information content (AvgIpc) is 3.12. The Hall–Kier alpha value is -3.29. The van der Waals surface area contributed by atoms with Crippen molar-refractivity contribution in [3.8, 4) is 11.5 Å². The van der Waals surface area contributed by atoms with Crippen molar-refractivity contribution in [3.05, 3.63) is 59.8 Å². The van der Waals surface area contributed by atoms with E-state index in [2.05, 4.69) is 20.0 Å². The number of benzene rings is 1. The van der Waals surface area contributed by atoms with Gasteiger partial charge in [-0.3, -0.25) is 4.79 Å². The quantitative estimate of drug-likeness (QED) is 0.645. The molecule has 1 fully saturated rings. The zero-order valence-electron chi connectivity index (χ0n) is 16.9. The van der Waals surface area contributed by atoms with E-state index >= 15 is 0 Å². The van der Waals surface area contributed by atoms with Crippen LogP contribution in [0.1, 0.15) is 24.7 Å². The van der Waals surface area contributed by atoms with E-state index < -0.39 is 0 Å². The van der Waals surface area contributed by atoms with Gasteiger partial charge in [0, 0.05) is 38.8 Å². The van der Waals surface area contributed by atoms with Crippen molar-refractivity contribution in [1.29, 1.82) is 0 Å². The molecule has 0 atom stereocenters. The standard InChI is InChI=1S/C22H24FN5O2/c1-2-19-25-22(30-26-19)18-5-3-10-24-21(18)28-12-4-11-27(13-14-28)20(29)15-16-6-8-17(23)9-7-16/h3,5-10H,2,4,11-15H2,1H3. The number of halogens is 1. The minimum Gasteiger partial charge on any atom is -0.354 e. The lowest BCUT2D eigenvalue weighted by atomic mass is 10.1. The van der Waals surface area contributed by atoms with Crippen LogP contribution in [0, 0.1) is 5.82 Å². The molecule has 1 saturated heterocycles. The highest BCUT2D eigenvalue weighted by atomic mass is 19.1. The molecule has 30 heavy (non-hydrogen) atoms. The zero-order chi connectivity index (χ0) is 20.9. The van der Waals surface area contributed by atoms with Crippen LogP contribution in [0.5, 0.6) is 0 Å². The lowest BCUT2D eigenvalue weighted by Crippen LogP contribution is -2.36. The van der Waals surface area contributed by atoms with Crippen LogP contribution >= 0.6 is 0 Å². The summed E-state index contributed by atoms with van der Waals surface area (Å²) in [7, 11) is 0. The fraction of sp³-hybridized carbons (Fsp3) is 0.364. The number of pyridine rings is 1. The van der Waals surface area contributed by atoms with E-state index in [0.29, 0.717) is 37.8 Å². The molecule has 1 aliphatic heterocycles. The van der Waals surface area contributed by atoms with Gasteiger partial charge in [-0.2, -0.15) is 4.98 Å². The molecule has 4 rings (SSSR count). The smallest absolute Gasteiger partial charge is 0.261 e. The number of carbonyl (C=O) groups is 1. The number of hydrogen-bond donors (Lipinski definition) is 0. The Kier molecular flexibility index (Phi) is 6.02. The van der Waals surface area contributed by atoms with Crippen molar-refractivity contribution < 1.29 is 13.7 Å². The molecular formula is C22H24FN5O2. The molecule has 3 heterocycles. The van der Waals surface area contributed by atoms with Crippen LogP contribution < -0.4 is 4.90 Å². The fourth-order valence-electron chi connectivity index (χ4n) is 3.59. The van der Waals surface area contributed by atoms with Crippen molar-refractivity contribution >= 4 is 11.7 Å². The minimum absolute atomic E-state index is 0.0502. The molecule has 0 unspecified atom stereocenters. The van der Waals surface area contributed by atoms with Gasteiger partial charge in [0.05, 0.1) is 12.0 Å². The van der Waals surface area contributed by atoms with Gasteiger partial charge in [0.15, 0.2) is 5.82 Å². The molecule has 0 aliphatic carbocycles. The second kappa shape index (κ2) is 9.02. The molecule has 1 aliphatic rings. The van der Waals surface area contributed by atoms with E-state index in [4.69, 9.17) is 4.52 Å². The van der Waals surface area contributed by atoms with Crippen molar-refractivity contribution in [2.75, 3.05) is 31.1 Å². The molecule has 8 heteroatoms. The van der Waals surface area contributed by atoms with Crippen molar-refractivity contribution in [2.45, 2.75) is 26.2 Å². The normalized spacial score (nSPS) is 14.6. The third-order valence-electron chi connectivity index (χ3n) is 5.22. The van der Waals surface area contributed by atoms with Gasteiger partial charge in [0.1, 0.15) is 11.6 Å². The summed E-state index contributed by atoms with van der Waals surface area (Å²) in [4.78, 5) is 25.8. The van der Waals surface area contributed by atoms with Crippen LogP contribution in [0.25, 0.3) is 11.5 Å². The summed E-state index contributed by atoms with van der Waals surface area (Å²) >= 11 is 0. The molecule has 0 saturated carbocycles. The molecule has 1 amide bonds. The first kappa shape index (κ1) is 20.0. The van der Waals surface area contributed by atoms with Gasteiger partial charge in [-0.15, -0.1) is 0 Å². The molecule has 2 aromatic heterocycles. The van der Waals surface area contributed by atoms with Gasteiger partial charge < -0.3 is 14.3 Å². The van der Waals surface area contributed by atoms with Crippen LogP contribution in [0.15, 0.2) is 47.1 Å². The minimum atomic E-state index is -0.296. The van der Waals surface area contributed by atoms with Crippen molar-refractivity contribution in [2.24, 2.45) is 0 Å². The van der Waals surface area contributed by atoms with Crippen LogP contribution in [-0.2, 0) is 17.6 Å². The fourth-order valence-corrected chi connectivity index (χ4v) is 3.59. The second-order valence-corrected chi connectivity index (χ2v) is 7.27. The molecule has 156 valence electrons. The Morgan fingerprint density at radius 1 is 1.13 bits per heavy atom. The van der Waals surface area contributed by atoms with Gasteiger partial charge >= 0.3 is 0 Å². The number of anilines is 1. The van der Waals surface area contributed by atoms with E-state index in [-0.39, 0.29) is 18.1 Å². The monoisotopic (exact) mass is 409 g/mol. The largest absolute Gasteiger partial charge is 0.354 e. The predicted molar refractivity (Wildman–Crippen MR) is 110 cm³/mol. The number of nitrogens with zero attached hydrogens (tertiary/aromatic N) is 5. The predicted octanol–water partition coefficient (Wildman–Crippen LogP) is 3.11. The van der Waals surface area contributed by atoms with Crippen molar-refractivity contribution in [3.63, 3.8) is 0 Å². The summed E-state index contributed by atoms with van der Waals surface area (Å²) in [6, 6.07) is 9.87. The lowest BCUT2D eigenvalue weighted by Gasteiger charge is -2.24. The number of aryl methyl sites for hydroxylation is 1. The number of carbonyl (C=O) groups excluding carboxylic acids is 1. The van der Waals surface area contributed by atoms with Gasteiger partial charge in [-0.25, -0.2) is 9.37 Å². The molecule has 3 aromatic rings. The zero-order valence-corrected chi connectivity index (χ0v) is 16.9. The molecule has 0 spiro atoms. The van der Waals surface area contributed by atoms with Crippen LogP contribution in [0.2, 0.25) is 0 Å². The van der Waals surface area contributed by atoms with Gasteiger partial charge in [-0.1, -0.05) is 24.2 Å². The first-order valence-corrected chi connectivity index (χ1v) is 10.2. The highest BCUT2D eigenvalue weighted by Gasteiger charge is 2.23. The lowest BCUT2D eigenvalue weighted by molar-refractivity contribution is -0.130. The highest BCUT2D eigenvalue weighted by molar-refractivity contribution is 5.79. The number of hydrogen-bond acceptors (Lipinski definition) is 6. The Morgan fingerprint density at radius 3 is 2.73 bits per heavy atom. The molecule has 0 radical (unpaired) electrons. The van der Waals surface area contributed by atoms with E-state index in [9.17, 15) is 9.18 Å². The summed E-state index contributed by atoms with van der Waals surface area (Å²) in [5.74, 6) is 1.66. The third kappa shape index (κ3) is 4.48. The Balaban J connectivity index is 1.46. The maximum atomic E-state index is 13.1. The molecule has 0 N–H and O–H groups in total. The summed E-state index contributed by atoms with van der Waals surface area (Å²) in [5, 5.41) is 3.99. The Morgan fingerprint density at radius 2 is 1.97 bits per heavy atom. The molecular weight excluding hydrogens is 385 g/mol.